The molecular formula is C31H56. The van der Waals surface area contributed by atoms with E-state index in [1.807, 2.05) is 36.4 Å². The molecule has 0 amide bonds. The topological polar surface area (TPSA) is 0 Å². The molecule has 0 aromatic heterocycles. The van der Waals surface area contributed by atoms with Crippen molar-refractivity contribution in [2.45, 2.75) is 161 Å². The highest BCUT2D eigenvalue weighted by Gasteiger charge is 1.97. The first-order chi connectivity index (χ1) is 15.5. The average molecular weight is 429 g/mol. The molecule has 5 fully saturated rings. The first-order valence-electron chi connectivity index (χ1n) is 14.5. The smallest absolute Gasteiger partial charge is 0.0533 e. The highest BCUT2D eigenvalue weighted by Crippen LogP contribution is 2.17. The zero-order valence-corrected chi connectivity index (χ0v) is 21.1. The van der Waals surface area contributed by atoms with Gasteiger partial charge in [-0.05, 0) is 0 Å². The lowest BCUT2D eigenvalue weighted by atomic mass is 10.0. The van der Waals surface area contributed by atoms with Crippen molar-refractivity contribution in [2.24, 2.45) is 0 Å². The van der Waals surface area contributed by atoms with Crippen molar-refractivity contribution in [1.82, 2.24) is 0 Å². The Hall–Kier alpha value is -0.780. The second-order valence-corrected chi connectivity index (χ2v) is 9.99. The molecule has 0 heterocycles. The van der Waals surface area contributed by atoms with Crippen LogP contribution in [0.5, 0.6) is 0 Å². The molecule has 5 saturated carbocycles. The molecule has 0 saturated heterocycles. The lowest BCUT2D eigenvalue weighted by Gasteiger charge is -2.05. The van der Waals surface area contributed by atoms with Gasteiger partial charge >= 0.3 is 0 Å². The fraction of sp³-hybridized carbons (Fsp3) is 0.806. The molecule has 0 N–H and O–H groups in total. The summed E-state index contributed by atoms with van der Waals surface area (Å²) in [5.41, 5.74) is 0. The molecule has 0 atom stereocenters. The fourth-order valence-electron chi connectivity index (χ4n) is 3.82. The van der Waals surface area contributed by atoms with Gasteiger partial charge in [-0.1, -0.05) is 197 Å². The molecule has 1 aromatic rings. The first kappa shape index (κ1) is 28.3. The lowest BCUT2D eigenvalue weighted by Crippen LogP contribution is -1.85. The standard InChI is InChI=1S/C7H14.C6H12.C6H6.C5H10.C4H8.C3H6/c1-2-4-6-7-5-3-1;2*1-2-4-6-5-3-1;1-2-4-5-3-1;1-2-4-3-1;1-2-3-1/h1-7H2;1-6H2;1-6H;1-5H2;1-4H2;1-3H2. The van der Waals surface area contributed by atoms with E-state index < -0.39 is 0 Å². The van der Waals surface area contributed by atoms with E-state index in [1.54, 1.807) is 0 Å². The van der Waals surface area contributed by atoms with Crippen molar-refractivity contribution in [2.75, 3.05) is 0 Å². The second-order valence-electron chi connectivity index (χ2n) is 9.99. The maximum Gasteiger partial charge on any atom is -0.0533 e. The molecule has 5 aliphatic rings. The van der Waals surface area contributed by atoms with E-state index in [2.05, 4.69) is 0 Å². The van der Waals surface area contributed by atoms with Gasteiger partial charge in [-0.2, -0.15) is 0 Å². The number of hydrogen-bond donors (Lipinski definition) is 0. The maximum absolute atomic E-state index is 2.00. The van der Waals surface area contributed by atoms with Crippen LogP contribution in [0.25, 0.3) is 0 Å². The Labute approximate surface area is 197 Å². The zero-order valence-electron chi connectivity index (χ0n) is 21.1. The molecular weight excluding hydrogens is 372 g/mol. The van der Waals surface area contributed by atoms with Gasteiger partial charge in [0.1, 0.15) is 0 Å². The molecule has 0 unspecified atom stereocenters. The predicted octanol–water partition coefficient (Wildman–Crippen LogP) is 11.4. The van der Waals surface area contributed by atoms with Crippen molar-refractivity contribution in [3.8, 4) is 0 Å². The van der Waals surface area contributed by atoms with Gasteiger partial charge in [-0.15, -0.1) is 0 Å². The summed E-state index contributed by atoms with van der Waals surface area (Å²) in [5.74, 6) is 0. The Balaban J connectivity index is 0.000000189. The van der Waals surface area contributed by atoms with E-state index in [0.717, 1.165) is 0 Å². The van der Waals surface area contributed by atoms with Crippen LogP contribution in [0.2, 0.25) is 0 Å². The molecule has 1 aromatic carbocycles. The van der Waals surface area contributed by atoms with Gasteiger partial charge in [-0.3, -0.25) is 0 Å². The predicted molar refractivity (Wildman–Crippen MR) is 142 cm³/mol. The van der Waals surface area contributed by atoms with Gasteiger partial charge in [-0.25, -0.2) is 0 Å². The van der Waals surface area contributed by atoms with E-state index in [1.165, 1.54) is 161 Å². The Morgan fingerprint density at radius 2 is 0.194 bits per heavy atom. The molecule has 5 aliphatic carbocycles. The van der Waals surface area contributed by atoms with Crippen molar-refractivity contribution >= 4 is 0 Å². The molecule has 0 bridgehead atoms. The van der Waals surface area contributed by atoms with E-state index in [-0.39, 0.29) is 0 Å². The zero-order chi connectivity index (χ0) is 21.9. The van der Waals surface area contributed by atoms with Gasteiger partial charge < -0.3 is 0 Å². The van der Waals surface area contributed by atoms with Gasteiger partial charge in [0.2, 0.25) is 0 Å². The summed E-state index contributed by atoms with van der Waals surface area (Å²) in [6.07, 6.45) is 37.5. The highest BCUT2D eigenvalue weighted by atomic mass is 14.0. The summed E-state index contributed by atoms with van der Waals surface area (Å²) in [6.45, 7) is 0. The fourth-order valence-corrected chi connectivity index (χ4v) is 3.82. The highest BCUT2D eigenvalue weighted by molar-refractivity contribution is 4.99. The van der Waals surface area contributed by atoms with Gasteiger partial charge in [0, 0.05) is 0 Å². The Bertz CT molecular complexity index is 323. The van der Waals surface area contributed by atoms with Crippen molar-refractivity contribution < 1.29 is 0 Å². The van der Waals surface area contributed by atoms with Gasteiger partial charge in [0.25, 0.3) is 0 Å². The van der Waals surface area contributed by atoms with Crippen LogP contribution in [-0.4, -0.2) is 0 Å². The molecule has 0 heteroatoms. The van der Waals surface area contributed by atoms with Gasteiger partial charge in [0.05, 0.1) is 0 Å². The summed E-state index contributed by atoms with van der Waals surface area (Å²) in [6, 6.07) is 12.0. The first-order valence-corrected chi connectivity index (χ1v) is 14.5. The van der Waals surface area contributed by atoms with Crippen molar-refractivity contribution in [3.63, 3.8) is 0 Å². The molecule has 0 aliphatic heterocycles. The molecule has 180 valence electrons. The van der Waals surface area contributed by atoms with Crippen LogP contribution < -0.4 is 0 Å². The minimum atomic E-state index is 1.50. The third-order valence-electron chi connectivity index (χ3n) is 6.52. The molecule has 0 spiro atoms. The molecule has 31 heavy (non-hydrogen) atoms. The Kier molecular flexibility index (Phi) is 23.2. The molecule has 6 rings (SSSR count). The quantitative estimate of drug-likeness (QED) is 0.360. The monoisotopic (exact) mass is 428 g/mol. The Morgan fingerprint density at radius 3 is 0.258 bits per heavy atom. The van der Waals surface area contributed by atoms with E-state index in [0.29, 0.717) is 0 Å². The summed E-state index contributed by atoms with van der Waals surface area (Å²) in [5, 5.41) is 0. The van der Waals surface area contributed by atoms with E-state index in [9.17, 15) is 0 Å². The maximum atomic E-state index is 2.00. The SMILES string of the molecule is C1CC1.C1CCC1.C1CCCC1.C1CCCCC1.C1CCCCCC1.c1ccccc1. The minimum absolute atomic E-state index is 1.50. The van der Waals surface area contributed by atoms with Crippen LogP contribution in [0.4, 0.5) is 0 Å². The molecule has 0 radical (unpaired) electrons. The van der Waals surface area contributed by atoms with E-state index >= 15 is 0 Å². The Morgan fingerprint density at radius 1 is 0.129 bits per heavy atom. The summed E-state index contributed by atoms with van der Waals surface area (Å²) >= 11 is 0. The largest absolute Gasteiger partial charge is 0.0623 e. The van der Waals surface area contributed by atoms with Crippen molar-refractivity contribution in [1.29, 1.82) is 0 Å². The van der Waals surface area contributed by atoms with Crippen LogP contribution >= 0.6 is 0 Å². The second kappa shape index (κ2) is 25.5. The number of benzene rings is 1. The van der Waals surface area contributed by atoms with Crippen LogP contribution in [0.1, 0.15) is 161 Å². The summed E-state index contributed by atoms with van der Waals surface area (Å²) in [4.78, 5) is 0. The summed E-state index contributed by atoms with van der Waals surface area (Å²) < 4.78 is 0. The van der Waals surface area contributed by atoms with Crippen LogP contribution in [0.15, 0.2) is 36.4 Å². The summed E-state index contributed by atoms with van der Waals surface area (Å²) in [7, 11) is 0. The minimum Gasteiger partial charge on any atom is -0.0623 e. The third kappa shape index (κ3) is 27.2. The van der Waals surface area contributed by atoms with Gasteiger partial charge in [0.15, 0.2) is 0 Å². The lowest BCUT2D eigenvalue weighted by molar-refractivity contribution is 0.504. The molecule has 0 nitrogen and oxygen atoms in total. The third-order valence-corrected chi connectivity index (χ3v) is 6.52. The van der Waals surface area contributed by atoms with Crippen LogP contribution in [-0.2, 0) is 0 Å². The number of hydrogen-bond acceptors (Lipinski definition) is 0. The average Bonchev–Trinajstić information content (AvgIpc) is 3.63. The van der Waals surface area contributed by atoms with Crippen molar-refractivity contribution in [3.05, 3.63) is 36.4 Å². The van der Waals surface area contributed by atoms with Crippen LogP contribution in [0, 0.1) is 0 Å². The normalized spacial score (nSPS) is 20.9. The number of rotatable bonds is 0. The van der Waals surface area contributed by atoms with Crippen LogP contribution in [0.3, 0.4) is 0 Å². The van der Waals surface area contributed by atoms with E-state index in [4.69, 9.17) is 0 Å².